The highest BCUT2D eigenvalue weighted by molar-refractivity contribution is 5.94. The van der Waals surface area contributed by atoms with Gasteiger partial charge in [0.2, 0.25) is 0 Å². The number of carbonyl (C=O) groups excluding carboxylic acids is 2. The second-order valence-corrected chi connectivity index (χ2v) is 7.36. The van der Waals surface area contributed by atoms with Crippen LogP contribution in [0.15, 0.2) is 24.4 Å². The molecule has 1 N–H and O–H groups in total. The van der Waals surface area contributed by atoms with Crippen LogP contribution >= 0.6 is 0 Å². The molecule has 3 aromatic rings. The number of pyridine rings is 1. The molecule has 1 atom stereocenters. The quantitative estimate of drug-likeness (QED) is 0.654. The zero-order valence-corrected chi connectivity index (χ0v) is 16.4. The maximum absolute atomic E-state index is 13.1. The summed E-state index contributed by atoms with van der Waals surface area (Å²) in [5.74, 6) is -0.283. The van der Waals surface area contributed by atoms with E-state index in [2.05, 4.69) is 15.3 Å². The Labute approximate surface area is 166 Å². The molecule has 29 heavy (non-hydrogen) atoms. The molecule has 0 saturated carbocycles. The highest BCUT2D eigenvalue weighted by atomic mass is 16.5. The third-order valence-corrected chi connectivity index (χ3v) is 5.05. The Bertz CT molecular complexity index is 1090. The average molecular weight is 398 g/mol. The number of hydrogen-bond acceptors (Lipinski definition) is 7. The standard InChI is InChI=1S/C19H22N6O4/c1-11(2)16(26)17-21-20-15-5-4-12(9-24(15)17)18(27)23-6-7-25-13(10-23)8-14(22-25)19(28)29-3/h4-5,8-9,11,16,26H,6-7,10H2,1-3H3. The van der Waals surface area contributed by atoms with Gasteiger partial charge in [0, 0.05) is 12.7 Å². The van der Waals surface area contributed by atoms with Gasteiger partial charge in [-0.15, -0.1) is 10.2 Å². The zero-order chi connectivity index (χ0) is 20.7. The van der Waals surface area contributed by atoms with Crippen LogP contribution in [-0.4, -0.2) is 59.9 Å². The van der Waals surface area contributed by atoms with Crippen LogP contribution < -0.4 is 0 Å². The summed E-state index contributed by atoms with van der Waals surface area (Å²) in [5, 5.41) is 22.7. The number of amides is 1. The largest absolute Gasteiger partial charge is 0.464 e. The van der Waals surface area contributed by atoms with Gasteiger partial charge in [0.05, 0.1) is 31.5 Å². The topological polar surface area (TPSA) is 115 Å². The van der Waals surface area contributed by atoms with Gasteiger partial charge in [0.15, 0.2) is 17.2 Å². The number of aliphatic hydroxyl groups excluding tert-OH is 1. The molecular formula is C19H22N6O4. The summed E-state index contributed by atoms with van der Waals surface area (Å²) >= 11 is 0. The van der Waals surface area contributed by atoms with Gasteiger partial charge in [-0.3, -0.25) is 13.9 Å². The Kier molecular flexibility index (Phi) is 4.79. The van der Waals surface area contributed by atoms with Crippen molar-refractivity contribution in [2.45, 2.75) is 33.0 Å². The highest BCUT2D eigenvalue weighted by Gasteiger charge is 2.26. The number of ether oxygens (including phenoxy) is 1. The molecular weight excluding hydrogens is 376 g/mol. The molecule has 0 aromatic carbocycles. The molecule has 0 bridgehead atoms. The van der Waals surface area contributed by atoms with Gasteiger partial charge in [-0.25, -0.2) is 4.79 Å². The highest BCUT2D eigenvalue weighted by Crippen LogP contribution is 2.22. The van der Waals surface area contributed by atoms with Crippen molar-refractivity contribution >= 4 is 17.5 Å². The summed E-state index contributed by atoms with van der Waals surface area (Å²) in [6.45, 7) is 5.07. The van der Waals surface area contributed by atoms with Crippen molar-refractivity contribution in [1.29, 1.82) is 0 Å². The van der Waals surface area contributed by atoms with Gasteiger partial charge in [0.25, 0.3) is 5.91 Å². The number of aliphatic hydroxyl groups is 1. The van der Waals surface area contributed by atoms with E-state index in [1.54, 1.807) is 38.4 Å². The molecule has 0 aliphatic carbocycles. The predicted molar refractivity (Wildman–Crippen MR) is 101 cm³/mol. The monoisotopic (exact) mass is 398 g/mol. The smallest absolute Gasteiger partial charge is 0.358 e. The molecule has 10 nitrogen and oxygen atoms in total. The minimum atomic E-state index is -0.781. The first-order valence-electron chi connectivity index (χ1n) is 9.36. The van der Waals surface area contributed by atoms with Gasteiger partial charge in [0.1, 0.15) is 6.10 Å². The normalized spacial score (nSPS) is 14.9. The van der Waals surface area contributed by atoms with Gasteiger partial charge in [-0.2, -0.15) is 5.10 Å². The Balaban J connectivity index is 1.60. The summed E-state index contributed by atoms with van der Waals surface area (Å²) in [6, 6.07) is 5.05. The fourth-order valence-electron chi connectivity index (χ4n) is 3.36. The SMILES string of the molecule is COC(=O)c1cc2n(n1)CCN(C(=O)c1ccc3nnc(C(O)C(C)C)n3c1)C2. The molecule has 1 aliphatic heterocycles. The van der Waals surface area contributed by atoms with Crippen molar-refractivity contribution in [2.75, 3.05) is 13.7 Å². The first-order valence-corrected chi connectivity index (χ1v) is 9.36. The molecule has 10 heteroatoms. The van der Waals surface area contributed by atoms with E-state index in [1.807, 2.05) is 13.8 Å². The van der Waals surface area contributed by atoms with Crippen molar-refractivity contribution in [3.05, 3.63) is 47.2 Å². The number of hydrogen-bond donors (Lipinski definition) is 1. The van der Waals surface area contributed by atoms with Crippen LogP contribution in [0, 0.1) is 5.92 Å². The summed E-state index contributed by atoms with van der Waals surface area (Å²) in [4.78, 5) is 26.5. The van der Waals surface area contributed by atoms with Crippen LogP contribution in [0.5, 0.6) is 0 Å². The molecule has 0 saturated heterocycles. The Morgan fingerprint density at radius 1 is 1.21 bits per heavy atom. The lowest BCUT2D eigenvalue weighted by Gasteiger charge is -2.27. The van der Waals surface area contributed by atoms with Crippen LogP contribution in [0.2, 0.25) is 0 Å². The van der Waals surface area contributed by atoms with Crippen LogP contribution in [0.3, 0.4) is 0 Å². The first-order chi connectivity index (χ1) is 13.9. The Morgan fingerprint density at radius 2 is 2.00 bits per heavy atom. The summed E-state index contributed by atoms with van der Waals surface area (Å²) in [6.07, 6.45) is 0.876. The molecule has 0 fully saturated rings. The molecule has 4 heterocycles. The van der Waals surface area contributed by atoms with E-state index in [0.717, 1.165) is 5.69 Å². The van der Waals surface area contributed by atoms with Crippen LogP contribution in [0.1, 0.15) is 52.3 Å². The molecule has 4 rings (SSSR count). The molecule has 3 aromatic heterocycles. The fraction of sp³-hybridized carbons (Fsp3) is 0.421. The Morgan fingerprint density at radius 3 is 2.72 bits per heavy atom. The van der Waals surface area contributed by atoms with Crippen molar-refractivity contribution < 1.29 is 19.4 Å². The maximum atomic E-state index is 13.1. The number of aromatic nitrogens is 5. The van der Waals surface area contributed by atoms with E-state index >= 15 is 0 Å². The minimum Gasteiger partial charge on any atom is -0.464 e. The lowest BCUT2D eigenvalue weighted by Crippen LogP contribution is -2.38. The number of carbonyl (C=O) groups is 2. The number of rotatable bonds is 4. The molecule has 0 radical (unpaired) electrons. The predicted octanol–water partition coefficient (Wildman–Crippen LogP) is 1.06. The van der Waals surface area contributed by atoms with E-state index in [9.17, 15) is 14.7 Å². The average Bonchev–Trinajstić information content (AvgIpc) is 3.34. The molecule has 0 spiro atoms. The number of methoxy groups -OCH3 is 1. The molecule has 1 unspecified atom stereocenters. The van der Waals surface area contributed by atoms with Gasteiger partial charge in [-0.05, 0) is 24.1 Å². The van der Waals surface area contributed by atoms with Crippen molar-refractivity contribution in [3.8, 4) is 0 Å². The van der Waals surface area contributed by atoms with E-state index in [1.165, 1.54) is 7.11 Å². The van der Waals surface area contributed by atoms with E-state index < -0.39 is 12.1 Å². The number of esters is 1. The van der Waals surface area contributed by atoms with Crippen LogP contribution in [0.25, 0.3) is 5.65 Å². The van der Waals surface area contributed by atoms with E-state index in [0.29, 0.717) is 36.7 Å². The summed E-state index contributed by atoms with van der Waals surface area (Å²) < 4.78 is 8.08. The molecule has 1 amide bonds. The first kappa shape index (κ1) is 19.1. The third-order valence-electron chi connectivity index (χ3n) is 5.05. The van der Waals surface area contributed by atoms with E-state index in [4.69, 9.17) is 4.74 Å². The number of nitrogens with zero attached hydrogens (tertiary/aromatic N) is 6. The van der Waals surface area contributed by atoms with Crippen molar-refractivity contribution in [2.24, 2.45) is 5.92 Å². The minimum absolute atomic E-state index is 0.0341. The Hall–Kier alpha value is -3.27. The molecule has 1 aliphatic rings. The van der Waals surface area contributed by atoms with Crippen LogP contribution in [0.4, 0.5) is 0 Å². The van der Waals surface area contributed by atoms with Gasteiger partial charge >= 0.3 is 5.97 Å². The van der Waals surface area contributed by atoms with Crippen molar-refractivity contribution in [1.82, 2.24) is 29.3 Å². The molecule has 152 valence electrons. The lowest BCUT2D eigenvalue weighted by molar-refractivity contribution is 0.0591. The van der Waals surface area contributed by atoms with Gasteiger partial charge < -0.3 is 14.7 Å². The van der Waals surface area contributed by atoms with E-state index in [-0.39, 0.29) is 17.5 Å². The second kappa shape index (κ2) is 7.28. The number of fused-ring (bicyclic) bond motifs is 2. The van der Waals surface area contributed by atoms with Crippen molar-refractivity contribution in [3.63, 3.8) is 0 Å². The lowest BCUT2D eigenvalue weighted by atomic mass is 10.1. The summed E-state index contributed by atoms with van der Waals surface area (Å²) in [7, 11) is 1.31. The third kappa shape index (κ3) is 3.35. The fourth-order valence-corrected chi connectivity index (χ4v) is 3.36. The maximum Gasteiger partial charge on any atom is 0.358 e. The summed E-state index contributed by atoms with van der Waals surface area (Å²) in [5.41, 5.74) is 2.03. The zero-order valence-electron chi connectivity index (χ0n) is 16.4. The van der Waals surface area contributed by atoms with Crippen LogP contribution in [-0.2, 0) is 17.8 Å². The second-order valence-electron chi connectivity index (χ2n) is 7.36. The van der Waals surface area contributed by atoms with Gasteiger partial charge in [-0.1, -0.05) is 13.8 Å².